The predicted octanol–water partition coefficient (Wildman–Crippen LogP) is 3.15. The Kier molecular flexibility index (Phi) is 4.79. The van der Waals surface area contributed by atoms with Crippen molar-refractivity contribution in [2.75, 3.05) is 11.4 Å². The Bertz CT molecular complexity index is 789. The van der Waals surface area contributed by atoms with Crippen molar-refractivity contribution < 1.29 is 13.7 Å². The van der Waals surface area contributed by atoms with E-state index in [-0.39, 0.29) is 29.8 Å². The van der Waals surface area contributed by atoms with E-state index >= 15 is 0 Å². The van der Waals surface area contributed by atoms with Crippen LogP contribution < -0.4 is 10.6 Å². The molecule has 0 unspecified atom stereocenters. The molecule has 0 atom stereocenters. The fourth-order valence-corrected chi connectivity index (χ4v) is 3.53. The number of carbonyl (C=O) groups excluding carboxylic acids is 1. The van der Waals surface area contributed by atoms with Gasteiger partial charge in [-0.1, -0.05) is 18.0 Å². The van der Waals surface area contributed by atoms with Crippen LogP contribution in [0.3, 0.4) is 0 Å². The number of hydrogen-bond donors (Lipinski definition) is 1. The number of benzene rings is 1. The molecule has 1 aliphatic heterocycles. The summed E-state index contributed by atoms with van der Waals surface area (Å²) in [6.45, 7) is 0.644. The lowest BCUT2D eigenvalue weighted by atomic mass is 9.98. The first kappa shape index (κ1) is 17.8. The number of carbonyl (C=O) groups is 1. The second-order valence-electron chi connectivity index (χ2n) is 6.60. The molecule has 1 aromatic carbocycles. The molecule has 0 bridgehead atoms. The number of amides is 1. The minimum Gasteiger partial charge on any atom is -0.334 e. The summed E-state index contributed by atoms with van der Waals surface area (Å²) in [6, 6.07) is 4.52. The van der Waals surface area contributed by atoms with Crippen molar-refractivity contribution >= 4 is 24.0 Å². The second-order valence-corrected chi connectivity index (χ2v) is 6.60. The molecule has 8 heteroatoms. The molecule has 0 spiro atoms. The topological polar surface area (TPSA) is 85.2 Å². The van der Waals surface area contributed by atoms with Crippen LogP contribution in [0.1, 0.15) is 44.3 Å². The first-order valence-electron chi connectivity index (χ1n) is 8.30. The molecule has 2 N–H and O–H groups in total. The van der Waals surface area contributed by atoms with Gasteiger partial charge < -0.3 is 15.2 Å². The van der Waals surface area contributed by atoms with Gasteiger partial charge in [-0.05, 0) is 37.5 Å². The van der Waals surface area contributed by atoms with Gasteiger partial charge in [0, 0.05) is 18.7 Å². The van der Waals surface area contributed by atoms with Crippen LogP contribution in [0.2, 0.25) is 0 Å². The highest BCUT2D eigenvalue weighted by atomic mass is 35.5. The van der Waals surface area contributed by atoms with Gasteiger partial charge in [-0.3, -0.25) is 4.79 Å². The number of rotatable bonds is 3. The Labute approximate surface area is 151 Å². The summed E-state index contributed by atoms with van der Waals surface area (Å²) < 4.78 is 19.5. The molecule has 2 fully saturated rings. The molecule has 2 aliphatic rings. The van der Waals surface area contributed by atoms with Gasteiger partial charge in [0.1, 0.15) is 5.82 Å². The van der Waals surface area contributed by atoms with Gasteiger partial charge in [0.15, 0.2) is 5.82 Å². The zero-order valence-electron chi connectivity index (χ0n) is 13.7. The van der Waals surface area contributed by atoms with Gasteiger partial charge in [-0.2, -0.15) is 4.98 Å². The fraction of sp³-hybridized carbons (Fsp3) is 0.471. The molecule has 0 radical (unpaired) electrons. The smallest absolute Gasteiger partial charge is 0.261 e. The Morgan fingerprint density at radius 2 is 2.00 bits per heavy atom. The Balaban J connectivity index is 0.00000182. The van der Waals surface area contributed by atoms with Crippen LogP contribution >= 0.6 is 12.4 Å². The number of nitrogens with two attached hydrogens (primary N) is 1. The molecule has 1 aliphatic carbocycles. The van der Waals surface area contributed by atoms with E-state index in [0.29, 0.717) is 24.5 Å². The van der Waals surface area contributed by atoms with E-state index in [1.54, 1.807) is 17.0 Å². The number of halogens is 2. The first-order valence-corrected chi connectivity index (χ1v) is 8.30. The third-order valence-corrected chi connectivity index (χ3v) is 4.93. The first-order chi connectivity index (χ1) is 11.6. The maximum absolute atomic E-state index is 14.3. The summed E-state index contributed by atoms with van der Waals surface area (Å²) >= 11 is 0. The maximum atomic E-state index is 14.3. The van der Waals surface area contributed by atoms with E-state index in [4.69, 9.17) is 10.3 Å². The lowest BCUT2D eigenvalue weighted by Crippen LogP contribution is -2.34. The molecule has 2 heterocycles. The fourth-order valence-electron chi connectivity index (χ4n) is 3.53. The van der Waals surface area contributed by atoms with Crippen LogP contribution in [0.5, 0.6) is 0 Å². The molecule has 1 saturated heterocycles. The summed E-state index contributed by atoms with van der Waals surface area (Å²) in [5.41, 5.74) is 6.59. The van der Waals surface area contributed by atoms with Crippen LogP contribution in [0.4, 0.5) is 10.1 Å². The normalized spacial score (nSPS) is 19.3. The van der Waals surface area contributed by atoms with Gasteiger partial charge >= 0.3 is 0 Å². The SMILES string of the molecule is Cl.NC1(c2noc(-c3cc(N4CCCC4=O)ccc3F)n2)CCCC1. The van der Waals surface area contributed by atoms with Gasteiger partial charge in [0.25, 0.3) is 5.89 Å². The van der Waals surface area contributed by atoms with Gasteiger partial charge in [0.2, 0.25) is 5.91 Å². The summed E-state index contributed by atoms with van der Waals surface area (Å²) in [5, 5.41) is 3.97. The molecule has 25 heavy (non-hydrogen) atoms. The van der Waals surface area contributed by atoms with Gasteiger partial charge in [-0.25, -0.2) is 4.39 Å². The van der Waals surface area contributed by atoms with Gasteiger partial charge in [0.05, 0.1) is 11.1 Å². The molecule has 4 rings (SSSR count). The van der Waals surface area contributed by atoms with Crippen molar-refractivity contribution in [3.8, 4) is 11.5 Å². The highest BCUT2D eigenvalue weighted by Gasteiger charge is 2.36. The summed E-state index contributed by atoms with van der Waals surface area (Å²) in [5.74, 6) is 0.119. The van der Waals surface area contributed by atoms with Gasteiger partial charge in [-0.15, -0.1) is 12.4 Å². The van der Waals surface area contributed by atoms with E-state index in [9.17, 15) is 9.18 Å². The Morgan fingerprint density at radius 1 is 1.24 bits per heavy atom. The second kappa shape index (κ2) is 6.72. The summed E-state index contributed by atoms with van der Waals surface area (Å²) in [4.78, 5) is 17.9. The van der Waals surface area contributed by atoms with Crippen LogP contribution in [-0.2, 0) is 10.3 Å². The standard InChI is InChI=1S/C17H19FN4O2.ClH/c18-13-6-5-11(22-9-3-4-14(22)23)10-12(13)15-20-16(21-24-15)17(19)7-1-2-8-17;/h5-6,10H,1-4,7-9,19H2;1H. The zero-order valence-corrected chi connectivity index (χ0v) is 14.5. The molecule has 1 saturated carbocycles. The monoisotopic (exact) mass is 366 g/mol. The van der Waals surface area contributed by atoms with Crippen molar-refractivity contribution in [3.63, 3.8) is 0 Å². The lowest BCUT2D eigenvalue weighted by Gasteiger charge is -2.17. The van der Waals surface area contributed by atoms with E-state index in [0.717, 1.165) is 32.1 Å². The van der Waals surface area contributed by atoms with E-state index < -0.39 is 11.4 Å². The highest BCUT2D eigenvalue weighted by Crippen LogP contribution is 2.36. The van der Waals surface area contributed by atoms with Crippen LogP contribution in [0, 0.1) is 5.82 Å². The van der Waals surface area contributed by atoms with Crippen molar-refractivity contribution in [3.05, 3.63) is 29.8 Å². The van der Waals surface area contributed by atoms with Crippen LogP contribution in [0.15, 0.2) is 22.7 Å². The number of aromatic nitrogens is 2. The molecule has 6 nitrogen and oxygen atoms in total. The van der Waals surface area contributed by atoms with Crippen LogP contribution in [0.25, 0.3) is 11.5 Å². The molecule has 1 amide bonds. The summed E-state index contributed by atoms with van der Waals surface area (Å²) in [6.07, 6.45) is 5.00. The maximum Gasteiger partial charge on any atom is 0.261 e. The van der Waals surface area contributed by atoms with E-state index in [2.05, 4.69) is 10.1 Å². The predicted molar refractivity (Wildman–Crippen MR) is 92.9 cm³/mol. The molecule has 2 aromatic rings. The van der Waals surface area contributed by atoms with Crippen molar-refractivity contribution in [1.82, 2.24) is 10.1 Å². The van der Waals surface area contributed by atoms with Crippen molar-refractivity contribution in [2.45, 2.75) is 44.1 Å². The average molecular weight is 367 g/mol. The van der Waals surface area contributed by atoms with Crippen molar-refractivity contribution in [1.29, 1.82) is 0 Å². The quantitative estimate of drug-likeness (QED) is 0.901. The van der Waals surface area contributed by atoms with Crippen LogP contribution in [-0.4, -0.2) is 22.6 Å². The Morgan fingerprint density at radius 3 is 2.68 bits per heavy atom. The third kappa shape index (κ3) is 3.14. The largest absolute Gasteiger partial charge is 0.334 e. The highest BCUT2D eigenvalue weighted by molar-refractivity contribution is 5.95. The summed E-state index contributed by atoms with van der Waals surface area (Å²) in [7, 11) is 0. The molecule has 134 valence electrons. The minimum absolute atomic E-state index is 0. The lowest BCUT2D eigenvalue weighted by molar-refractivity contribution is -0.117. The van der Waals surface area contributed by atoms with E-state index in [1.165, 1.54) is 6.07 Å². The van der Waals surface area contributed by atoms with E-state index in [1.807, 2.05) is 0 Å². The molecular formula is C17H20ClFN4O2. The number of anilines is 1. The minimum atomic E-state index is -0.583. The third-order valence-electron chi connectivity index (χ3n) is 4.93. The number of nitrogens with zero attached hydrogens (tertiary/aromatic N) is 3. The zero-order chi connectivity index (χ0) is 16.7. The Hall–Kier alpha value is -1.99. The average Bonchev–Trinajstić information content (AvgIpc) is 3.29. The molecule has 1 aromatic heterocycles. The number of hydrogen-bond acceptors (Lipinski definition) is 5. The van der Waals surface area contributed by atoms with Crippen molar-refractivity contribution in [2.24, 2.45) is 5.73 Å². The molecular weight excluding hydrogens is 347 g/mol.